The highest BCUT2D eigenvalue weighted by Gasteiger charge is 2.10. The van der Waals surface area contributed by atoms with Crippen molar-refractivity contribution < 1.29 is 8.42 Å². The molecule has 0 fully saturated rings. The Kier molecular flexibility index (Phi) is 6.33. The molecule has 1 aromatic rings. The van der Waals surface area contributed by atoms with Gasteiger partial charge in [-0.15, -0.1) is 0 Å². The Morgan fingerprint density at radius 2 is 2.00 bits per heavy atom. The fourth-order valence-electron chi connectivity index (χ4n) is 1.42. The van der Waals surface area contributed by atoms with Crippen molar-refractivity contribution in [3.8, 4) is 0 Å². The summed E-state index contributed by atoms with van der Waals surface area (Å²) in [6.07, 6.45) is 3.79. The third-order valence-corrected chi connectivity index (χ3v) is 3.86. The maximum atomic E-state index is 11.7. The van der Waals surface area contributed by atoms with E-state index in [-0.39, 0.29) is 12.3 Å². The predicted molar refractivity (Wildman–Crippen MR) is 75.2 cm³/mol. The molecular weight excluding hydrogens is 264 g/mol. The van der Waals surface area contributed by atoms with E-state index in [9.17, 15) is 8.42 Å². The second-order valence-corrected chi connectivity index (χ2v) is 6.68. The number of aromatic nitrogens is 2. The van der Waals surface area contributed by atoms with Crippen LogP contribution < -0.4 is 10.0 Å². The lowest BCUT2D eigenvalue weighted by Crippen LogP contribution is -2.30. The molecule has 1 heterocycles. The molecule has 6 nitrogen and oxygen atoms in total. The molecule has 2 N–H and O–H groups in total. The molecule has 0 atom stereocenters. The summed E-state index contributed by atoms with van der Waals surface area (Å²) >= 11 is 0. The molecule has 108 valence electrons. The van der Waals surface area contributed by atoms with Crippen molar-refractivity contribution in [1.29, 1.82) is 0 Å². The van der Waals surface area contributed by atoms with Crippen LogP contribution in [0, 0.1) is 6.92 Å². The van der Waals surface area contributed by atoms with Crippen LogP contribution in [0.15, 0.2) is 12.4 Å². The van der Waals surface area contributed by atoms with E-state index in [0.717, 1.165) is 5.69 Å². The van der Waals surface area contributed by atoms with Crippen LogP contribution in [-0.2, 0) is 16.6 Å². The molecule has 0 saturated carbocycles. The molecule has 0 aromatic carbocycles. The summed E-state index contributed by atoms with van der Waals surface area (Å²) in [5.74, 6) is 0.117. The second kappa shape index (κ2) is 7.52. The molecule has 0 aliphatic heterocycles. The first-order valence-corrected chi connectivity index (χ1v) is 8.02. The summed E-state index contributed by atoms with van der Waals surface area (Å²) in [6.45, 7) is 6.78. The Bertz CT molecular complexity index is 471. The van der Waals surface area contributed by atoms with Crippen LogP contribution >= 0.6 is 0 Å². The van der Waals surface area contributed by atoms with Gasteiger partial charge in [0.05, 0.1) is 29.9 Å². The van der Waals surface area contributed by atoms with Crippen LogP contribution in [0.25, 0.3) is 0 Å². The van der Waals surface area contributed by atoms with E-state index in [1.165, 1.54) is 0 Å². The smallest absolute Gasteiger partial charge is 0.211 e. The van der Waals surface area contributed by atoms with Crippen molar-refractivity contribution in [1.82, 2.24) is 20.0 Å². The third-order valence-electron chi connectivity index (χ3n) is 2.45. The summed E-state index contributed by atoms with van der Waals surface area (Å²) in [5.41, 5.74) is 1.43. The minimum Gasteiger partial charge on any atom is -0.314 e. The first-order chi connectivity index (χ1) is 8.89. The molecule has 0 amide bonds. The zero-order chi connectivity index (χ0) is 14.3. The number of aryl methyl sites for hydroxylation is 1. The number of rotatable bonds is 8. The van der Waals surface area contributed by atoms with Crippen molar-refractivity contribution >= 4 is 10.0 Å². The van der Waals surface area contributed by atoms with Crippen LogP contribution in [-0.4, -0.2) is 36.7 Å². The molecule has 0 unspecified atom stereocenters. The van der Waals surface area contributed by atoms with Gasteiger partial charge in [-0.25, -0.2) is 13.1 Å². The summed E-state index contributed by atoms with van der Waals surface area (Å²) in [4.78, 5) is 8.17. The van der Waals surface area contributed by atoms with Gasteiger partial charge in [-0.3, -0.25) is 9.97 Å². The van der Waals surface area contributed by atoms with Gasteiger partial charge in [-0.05, 0) is 19.9 Å². The largest absolute Gasteiger partial charge is 0.314 e. The maximum absolute atomic E-state index is 11.7. The topological polar surface area (TPSA) is 84.0 Å². The van der Waals surface area contributed by atoms with Gasteiger partial charge in [-0.2, -0.15) is 0 Å². The van der Waals surface area contributed by atoms with Crippen molar-refractivity contribution in [2.75, 3.05) is 12.3 Å². The van der Waals surface area contributed by atoms with E-state index >= 15 is 0 Å². The number of nitrogens with zero attached hydrogens (tertiary/aromatic N) is 2. The molecule has 0 bridgehead atoms. The normalized spacial score (nSPS) is 12.0. The van der Waals surface area contributed by atoms with Crippen molar-refractivity contribution in [3.63, 3.8) is 0 Å². The van der Waals surface area contributed by atoms with Gasteiger partial charge in [0.2, 0.25) is 10.0 Å². The lowest BCUT2D eigenvalue weighted by atomic mass is 10.4. The second-order valence-electron chi connectivity index (χ2n) is 4.75. The maximum Gasteiger partial charge on any atom is 0.211 e. The van der Waals surface area contributed by atoms with E-state index in [1.54, 1.807) is 12.4 Å². The molecule has 0 radical (unpaired) electrons. The quantitative estimate of drug-likeness (QED) is 0.683. The average molecular weight is 286 g/mol. The number of nitrogens with one attached hydrogen (secondary N) is 2. The molecule has 0 aliphatic carbocycles. The standard InChI is InChI=1S/C12H22N4O2S/c1-10(2)13-5-4-6-19(17,18)16-9-12-8-14-11(3)7-15-12/h7-8,10,13,16H,4-6,9H2,1-3H3. The van der Waals surface area contributed by atoms with Gasteiger partial charge in [0.15, 0.2) is 0 Å². The highest BCUT2D eigenvalue weighted by molar-refractivity contribution is 7.89. The Balaban J connectivity index is 2.32. The van der Waals surface area contributed by atoms with Gasteiger partial charge in [0.1, 0.15) is 0 Å². The number of hydrogen-bond acceptors (Lipinski definition) is 5. The van der Waals surface area contributed by atoms with Gasteiger partial charge in [0.25, 0.3) is 0 Å². The zero-order valence-corrected chi connectivity index (χ0v) is 12.5. The van der Waals surface area contributed by atoms with Crippen LogP contribution in [0.3, 0.4) is 0 Å². The van der Waals surface area contributed by atoms with Crippen LogP contribution in [0.2, 0.25) is 0 Å². The van der Waals surface area contributed by atoms with Crippen LogP contribution in [0.4, 0.5) is 0 Å². The summed E-state index contributed by atoms with van der Waals surface area (Å²) < 4.78 is 26.0. The van der Waals surface area contributed by atoms with E-state index in [0.29, 0.717) is 24.7 Å². The Morgan fingerprint density at radius 3 is 2.58 bits per heavy atom. The highest BCUT2D eigenvalue weighted by atomic mass is 32.2. The molecule has 0 spiro atoms. The minimum absolute atomic E-state index is 0.117. The number of hydrogen-bond donors (Lipinski definition) is 2. The van der Waals surface area contributed by atoms with Crippen molar-refractivity contribution in [3.05, 3.63) is 23.8 Å². The lowest BCUT2D eigenvalue weighted by Gasteiger charge is -2.09. The highest BCUT2D eigenvalue weighted by Crippen LogP contribution is 1.96. The minimum atomic E-state index is -3.25. The SMILES string of the molecule is Cc1cnc(CNS(=O)(=O)CCCNC(C)C)cn1. The molecule has 1 rings (SSSR count). The monoisotopic (exact) mass is 286 g/mol. The number of sulfonamides is 1. The van der Waals surface area contributed by atoms with Gasteiger partial charge in [-0.1, -0.05) is 13.8 Å². The van der Waals surface area contributed by atoms with E-state index in [4.69, 9.17) is 0 Å². The van der Waals surface area contributed by atoms with Gasteiger partial charge < -0.3 is 5.32 Å². The molecule has 0 aliphatic rings. The van der Waals surface area contributed by atoms with Crippen molar-refractivity contribution in [2.24, 2.45) is 0 Å². The summed E-state index contributed by atoms with van der Waals surface area (Å²) in [7, 11) is -3.25. The van der Waals surface area contributed by atoms with Gasteiger partial charge >= 0.3 is 0 Å². The molecule has 19 heavy (non-hydrogen) atoms. The van der Waals surface area contributed by atoms with Crippen molar-refractivity contribution in [2.45, 2.75) is 39.8 Å². The molecule has 0 saturated heterocycles. The predicted octanol–water partition coefficient (Wildman–Crippen LogP) is 0.593. The fraction of sp³-hybridized carbons (Fsp3) is 0.667. The Hall–Kier alpha value is -1.05. The summed E-state index contributed by atoms with van der Waals surface area (Å²) in [5, 5.41) is 3.18. The van der Waals surface area contributed by atoms with E-state index in [2.05, 4.69) is 20.0 Å². The Morgan fingerprint density at radius 1 is 1.26 bits per heavy atom. The van der Waals surface area contributed by atoms with Crippen LogP contribution in [0.5, 0.6) is 0 Å². The zero-order valence-electron chi connectivity index (χ0n) is 11.7. The third kappa shape index (κ3) is 7.19. The van der Waals surface area contributed by atoms with Gasteiger partial charge in [0, 0.05) is 12.2 Å². The first-order valence-electron chi connectivity index (χ1n) is 6.37. The molecule has 7 heteroatoms. The van der Waals surface area contributed by atoms with E-state index in [1.807, 2.05) is 20.8 Å². The first kappa shape index (κ1) is 16.0. The fourth-order valence-corrected chi connectivity index (χ4v) is 2.46. The van der Waals surface area contributed by atoms with Crippen LogP contribution in [0.1, 0.15) is 31.7 Å². The molecular formula is C12H22N4O2S. The molecule has 1 aromatic heterocycles. The lowest BCUT2D eigenvalue weighted by molar-refractivity contribution is 0.560. The average Bonchev–Trinajstić information content (AvgIpc) is 2.34. The summed E-state index contributed by atoms with van der Waals surface area (Å²) in [6, 6.07) is 0.374. The Labute approximate surface area is 115 Å². The van der Waals surface area contributed by atoms with E-state index < -0.39 is 10.0 Å².